The number of carbonyl (C=O) groups is 1. The van der Waals surface area contributed by atoms with Crippen LogP contribution in [-0.2, 0) is 4.74 Å². The van der Waals surface area contributed by atoms with E-state index in [-0.39, 0.29) is 27.7 Å². The van der Waals surface area contributed by atoms with E-state index in [0.29, 0.717) is 19.5 Å². The largest absolute Gasteiger partial charge is 0.444 e. The first-order valence-electron chi connectivity index (χ1n) is 8.28. The molecular formula is C18H25BrF2N2O2. The van der Waals surface area contributed by atoms with Crippen LogP contribution in [-0.4, -0.2) is 35.7 Å². The summed E-state index contributed by atoms with van der Waals surface area (Å²) in [5.41, 5.74) is -0.598. The molecule has 1 heterocycles. The maximum Gasteiger partial charge on any atom is 0.410 e. The summed E-state index contributed by atoms with van der Waals surface area (Å²) in [5, 5.41) is 3.16. The maximum atomic E-state index is 14.0. The molecule has 4 nitrogen and oxygen atoms in total. The summed E-state index contributed by atoms with van der Waals surface area (Å²) in [6, 6.07) is 2.20. The minimum absolute atomic E-state index is 0.0574. The average Bonchev–Trinajstić information content (AvgIpc) is 2.44. The minimum Gasteiger partial charge on any atom is -0.444 e. The number of benzene rings is 1. The molecule has 0 radical (unpaired) electrons. The SMILES string of the molecule is CC(C)(C)OC(=O)N1CCC(Nc2cc(Br)c(F)cc2F)C(C)(C)C1. The van der Waals surface area contributed by atoms with Gasteiger partial charge >= 0.3 is 6.09 Å². The topological polar surface area (TPSA) is 41.6 Å². The molecule has 0 aromatic heterocycles. The van der Waals surface area contributed by atoms with Crippen LogP contribution in [0.15, 0.2) is 16.6 Å². The normalized spacial score (nSPS) is 20.3. The highest BCUT2D eigenvalue weighted by atomic mass is 79.9. The molecule has 1 amide bonds. The second-order valence-corrected chi connectivity index (χ2v) is 8.98. The molecule has 1 fully saturated rings. The predicted molar refractivity (Wildman–Crippen MR) is 97.7 cm³/mol. The fraction of sp³-hybridized carbons (Fsp3) is 0.611. The average molecular weight is 419 g/mol. The van der Waals surface area contributed by atoms with Crippen molar-refractivity contribution < 1.29 is 18.3 Å². The van der Waals surface area contributed by atoms with Crippen molar-refractivity contribution in [3.63, 3.8) is 0 Å². The van der Waals surface area contributed by atoms with Crippen LogP contribution >= 0.6 is 15.9 Å². The number of anilines is 1. The summed E-state index contributed by atoms with van der Waals surface area (Å²) in [5.74, 6) is -1.27. The Morgan fingerprint density at radius 3 is 2.52 bits per heavy atom. The molecule has 2 rings (SSSR count). The molecule has 1 atom stereocenters. The summed E-state index contributed by atoms with van der Waals surface area (Å²) in [6.07, 6.45) is 0.301. The second-order valence-electron chi connectivity index (χ2n) is 8.12. The van der Waals surface area contributed by atoms with Gasteiger partial charge in [-0.1, -0.05) is 13.8 Å². The van der Waals surface area contributed by atoms with Crippen molar-refractivity contribution in [2.24, 2.45) is 5.41 Å². The van der Waals surface area contributed by atoms with Crippen molar-refractivity contribution in [3.05, 3.63) is 28.2 Å². The number of hydrogen-bond donors (Lipinski definition) is 1. The van der Waals surface area contributed by atoms with Crippen molar-refractivity contribution in [3.8, 4) is 0 Å². The van der Waals surface area contributed by atoms with Crippen LogP contribution in [0.3, 0.4) is 0 Å². The van der Waals surface area contributed by atoms with Crippen molar-refractivity contribution in [1.82, 2.24) is 4.90 Å². The van der Waals surface area contributed by atoms with Gasteiger partial charge in [0, 0.05) is 30.6 Å². The van der Waals surface area contributed by atoms with Gasteiger partial charge in [0.1, 0.15) is 17.2 Å². The van der Waals surface area contributed by atoms with Gasteiger partial charge in [-0.15, -0.1) is 0 Å². The molecule has 0 aliphatic carbocycles. The molecule has 0 spiro atoms. The summed E-state index contributed by atoms with van der Waals surface area (Å²) >= 11 is 3.08. The van der Waals surface area contributed by atoms with Crippen LogP contribution in [0.2, 0.25) is 0 Å². The second kappa shape index (κ2) is 7.09. The van der Waals surface area contributed by atoms with E-state index in [2.05, 4.69) is 21.2 Å². The number of rotatable bonds is 2. The Balaban J connectivity index is 2.09. The first-order chi connectivity index (χ1) is 11.4. The van der Waals surface area contributed by atoms with Gasteiger partial charge in [-0.25, -0.2) is 13.6 Å². The van der Waals surface area contributed by atoms with E-state index in [1.807, 2.05) is 34.6 Å². The quantitative estimate of drug-likeness (QED) is 0.673. The smallest absolute Gasteiger partial charge is 0.410 e. The van der Waals surface area contributed by atoms with Crippen LogP contribution in [0.4, 0.5) is 19.3 Å². The fourth-order valence-corrected chi connectivity index (χ4v) is 3.27. The lowest BCUT2D eigenvalue weighted by atomic mass is 9.79. The van der Waals surface area contributed by atoms with E-state index in [1.165, 1.54) is 6.07 Å². The Bertz CT molecular complexity index is 659. The molecule has 1 aliphatic rings. The monoisotopic (exact) mass is 418 g/mol. The standard InChI is InChI=1S/C18H25BrF2N2O2/c1-17(2,3)25-16(24)23-7-6-15(18(4,5)10-23)22-14-8-11(19)12(20)9-13(14)21/h8-9,15,22H,6-7,10H2,1-5H3. The summed E-state index contributed by atoms with van der Waals surface area (Å²) in [4.78, 5) is 14.0. The highest BCUT2D eigenvalue weighted by molar-refractivity contribution is 9.10. The Morgan fingerprint density at radius 1 is 1.32 bits per heavy atom. The first-order valence-corrected chi connectivity index (χ1v) is 9.07. The molecule has 25 heavy (non-hydrogen) atoms. The fourth-order valence-electron chi connectivity index (χ4n) is 2.93. The molecule has 0 saturated carbocycles. The van der Waals surface area contributed by atoms with E-state index in [4.69, 9.17) is 4.74 Å². The van der Waals surface area contributed by atoms with E-state index in [0.717, 1.165) is 6.07 Å². The van der Waals surface area contributed by atoms with Crippen LogP contribution in [0.1, 0.15) is 41.0 Å². The van der Waals surface area contributed by atoms with Gasteiger partial charge < -0.3 is 15.0 Å². The predicted octanol–water partition coefficient (Wildman–Crippen LogP) is 5.17. The molecule has 7 heteroatoms. The number of nitrogens with one attached hydrogen (secondary N) is 1. The third-order valence-electron chi connectivity index (χ3n) is 4.22. The maximum absolute atomic E-state index is 14.0. The highest BCUT2D eigenvalue weighted by Gasteiger charge is 2.39. The molecule has 1 unspecified atom stereocenters. The van der Waals surface area contributed by atoms with Gasteiger partial charge in [-0.05, 0) is 49.2 Å². The van der Waals surface area contributed by atoms with E-state index in [9.17, 15) is 13.6 Å². The molecule has 140 valence electrons. The van der Waals surface area contributed by atoms with Gasteiger partial charge in [0.2, 0.25) is 0 Å². The van der Waals surface area contributed by atoms with Crippen molar-refractivity contribution in [2.75, 3.05) is 18.4 Å². The van der Waals surface area contributed by atoms with E-state index in [1.54, 1.807) is 4.90 Å². The van der Waals surface area contributed by atoms with Gasteiger partial charge in [-0.2, -0.15) is 0 Å². The van der Waals surface area contributed by atoms with Crippen LogP contribution in [0.5, 0.6) is 0 Å². The Morgan fingerprint density at radius 2 is 1.96 bits per heavy atom. The molecular weight excluding hydrogens is 394 g/mol. The Kier molecular flexibility index (Phi) is 5.66. The van der Waals surface area contributed by atoms with E-state index < -0.39 is 17.2 Å². The summed E-state index contributed by atoms with van der Waals surface area (Å²) in [7, 11) is 0. The highest BCUT2D eigenvalue weighted by Crippen LogP contribution is 2.34. The third-order valence-corrected chi connectivity index (χ3v) is 4.83. The number of halogens is 3. The Hall–Kier alpha value is -1.37. The summed E-state index contributed by atoms with van der Waals surface area (Å²) < 4.78 is 33.1. The third kappa shape index (κ3) is 5.06. The van der Waals surface area contributed by atoms with Crippen LogP contribution < -0.4 is 5.32 Å². The molecule has 1 aliphatic heterocycles. The zero-order chi connectivity index (χ0) is 19.0. The minimum atomic E-state index is -0.637. The number of carbonyl (C=O) groups excluding carboxylic acids is 1. The van der Waals surface area contributed by atoms with Gasteiger partial charge in [0.15, 0.2) is 0 Å². The van der Waals surface area contributed by atoms with Gasteiger partial charge in [-0.3, -0.25) is 0 Å². The first kappa shape index (κ1) is 19.9. The number of hydrogen-bond acceptors (Lipinski definition) is 3. The number of ether oxygens (including phenoxy) is 1. The lowest BCUT2D eigenvalue weighted by molar-refractivity contribution is 0.00689. The molecule has 1 N–H and O–H groups in total. The van der Waals surface area contributed by atoms with Gasteiger partial charge in [0.05, 0.1) is 10.2 Å². The Labute approximate surface area is 156 Å². The van der Waals surface area contributed by atoms with Crippen LogP contribution in [0, 0.1) is 17.0 Å². The lowest BCUT2D eigenvalue weighted by Crippen LogP contribution is -2.54. The molecule has 1 aromatic carbocycles. The molecule has 1 aromatic rings. The van der Waals surface area contributed by atoms with Crippen molar-refractivity contribution in [2.45, 2.75) is 52.7 Å². The zero-order valence-electron chi connectivity index (χ0n) is 15.3. The van der Waals surface area contributed by atoms with Crippen molar-refractivity contribution in [1.29, 1.82) is 0 Å². The number of nitrogens with zero attached hydrogens (tertiary/aromatic N) is 1. The number of piperidine rings is 1. The van der Waals surface area contributed by atoms with Crippen molar-refractivity contribution >= 4 is 27.7 Å². The van der Waals surface area contributed by atoms with Gasteiger partial charge in [0.25, 0.3) is 0 Å². The number of amides is 1. The summed E-state index contributed by atoms with van der Waals surface area (Å²) in [6.45, 7) is 10.5. The molecule has 1 saturated heterocycles. The zero-order valence-corrected chi connectivity index (χ0v) is 16.8. The van der Waals surface area contributed by atoms with E-state index >= 15 is 0 Å². The lowest BCUT2D eigenvalue weighted by Gasteiger charge is -2.45. The molecule has 0 bridgehead atoms. The van der Waals surface area contributed by atoms with Crippen LogP contribution in [0.25, 0.3) is 0 Å². The number of likely N-dealkylation sites (tertiary alicyclic amines) is 1.